The van der Waals surface area contributed by atoms with Crippen molar-refractivity contribution in [1.82, 2.24) is 0 Å². The van der Waals surface area contributed by atoms with E-state index < -0.39 is 0 Å². The third-order valence-electron chi connectivity index (χ3n) is 1.68. The second-order valence-electron chi connectivity index (χ2n) is 3.73. The first-order valence-electron chi connectivity index (χ1n) is 4.06. The van der Waals surface area contributed by atoms with Gasteiger partial charge in [0.15, 0.2) is 0 Å². The minimum atomic E-state index is 0.151. The number of hydrogen-bond donors (Lipinski definition) is 0. The van der Waals surface area contributed by atoms with Crippen LogP contribution in [-0.2, 0) is 10.2 Å². The van der Waals surface area contributed by atoms with Gasteiger partial charge >= 0.3 is 0 Å². The molecule has 0 heterocycles. The Kier molecular flexibility index (Phi) is 4.71. The Hall–Kier alpha value is -0.820. The van der Waals surface area contributed by atoms with Crippen LogP contribution in [0.3, 0.4) is 0 Å². The molecule has 0 aliphatic rings. The Balaban J connectivity index is 0.000000671. The van der Waals surface area contributed by atoms with Crippen molar-refractivity contribution in [2.75, 3.05) is 0 Å². The predicted octanol–water partition coefficient (Wildman–Crippen LogP) is 3.45. The Bertz CT molecular complexity index is 263. The van der Waals surface area contributed by atoms with E-state index in [1.807, 2.05) is 25.0 Å². The summed E-state index contributed by atoms with van der Waals surface area (Å²) in [6, 6.07) is 7.98. The summed E-state index contributed by atoms with van der Waals surface area (Å²) in [7, 11) is 0. The fraction of sp³-hybridized carbons (Fsp3) is 0.364. The van der Waals surface area contributed by atoms with E-state index >= 15 is 0 Å². The highest BCUT2D eigenvalue weighted by atomic mass is 35.5. The Morgan fingerprint density at radius 1 is 1.15 bits per heavy atom. The molecule has 0 saturated carbocycles. The second kappa shape index (κ2) is 5.03. The molecular weight excluding hydrogens is 184 g/mol. The van der Waals surface area contributed by atoms with Crippen molar-refractivity contribution in [1.29, 1.82) is 0 Å². The van der Waals surface area contributed by atoms with E-state index in [1.165, 1.54) is 5.56 Å². The highest BCUT2D eigenvalue weighted by Crippen LogP contribution is 2.28. The smallest absolute Gasteiger partial charge is 0.106 e. The second-order valence-corrected chi connectivity index (χ2v) is 4.14. The minimum Gasteiger partial charge on any atom is -0.307 e. The van der Waals surface area contributed by atoms with Crippen LogP contribution >= 0.6 is 11.6 Å². The van der Waals surface area contributed by atoms with Gasteiger partial charge in [-0.3, -0.25) is 0 Å². The standard InChI is InChI=1S/C10H13Cl.CH2O/c1-10(2,3)8-6-4-5-7-9(8)11;1-2/h4-7H,1-3H3;1H2. The summed E-state index contributed by atoms with van der Waals surface area (Å²) in [5, 5.41) is 0.861. The zero-order valence-electron chi connectivity index (χ0n) is 8.30. The lowest BCUT2D eigenvalue weighted by molar-refractivity contribution is -0.0979. The van der Waals surface area contributed by atoms with Crippen LogP contribution in [0.15, 0.2) is 24.3 Å². The predicted molar refractivity (Wildman–Crippen MR) is 57.3 cm³/mol. The van der Waals surface area contributed by atoms with E-state index in [9.17, 15) is 0 Å². The first kappa shape index (κ1) is 12.2. The van der Waals surface area contributed by atoms with Gasteiger partial charge in [0.2, 0.25) is 0 Å². The van der Waals surface area contributed by atoms with Gasteiger partial charge < -0.3 is 4.79 Å². The normalized spacial score (nSPS) is 10.2. The lowest BCUT2D eigenvalue weighted by Gasteiger charge is -2.19. The molecule has 0 aliphatic carbocycles. The van der Waals surface area contributed by atoms with E-state index in [4.69, 9.17) is 16.4 Å². The molecule has 0 spiro atoms. The summed E-state index contributed by atoms with van der Waals surface area (Å²) in [4.78, 5) is 8.00. The Morgan fingerprint density at radius 2 is 1.62 bits per heavy atom. The fourth-order valence-corrected chi connectivity index (χ4v) is 1.49. The van der Waals surface area contributed by atoms with Gasteiger partial charge in [0.25, 0.3) is 0 Å². The molecule has 1 aromatic rings. The van der Waals surface area contributed by atoms with E-state index in [2.05, 4.69) is 26.8 Å². The Labute approximate surface area is 84.7 Å². The topological polar surface area (TPSA) is 17.1 Å². The molecule has 0 aromatic heterocycles. The van der Waals surface area contributed by atoms with Crippen LogP contribution in [-0.4, -0.2) is 6.79 Å². The molecule has 1 rings (SSSR count). The summed E-state index contributed by atoms with van der Waals surface area (Å²) < 4.78 is 0. The van der Waals surface area contributed by atoms with E-state index in [1.54, 1.807) is 0 Å². The molecule has 1 aromatic carbocycles. The number of halogens is 1. The zero-order chi connectivity index (χ0) is 10.5. The van der Waals surface area contributed by atoms with Gasteiger partial charge in [-0.2, -0.15) is 0 Å². The van der Waals surface area contributed by atoms with Gasteiger partial charge in [-0.05, 0) is 17.0 Å². The fourth-order valence-electron chi connectivity index (χ4n) is 1.07. The third kappa shape index (κ3) is 3.60. The lowest BCUT2D eigenvalue weighted by atomic mass is 9.87. The maximum Gasteiger partial charge on any atom is 0.106 e. The number of carbonyl (C=O) groups is 1. The highest BCUT2D eigenvalue weighted by molar-refractivity contribution is 6.31. The van der Waals surface area contributed by atoms with Crippen molar-refractivity contribution in [3.63, 3.8) is 0 Å². The van der Waals surface area contributed by atoms with E-state index in [0.29, 0.717) is 0 Å². The molecule has 0 fully saturated rings. The quantitative estimate of drug-likeness (QED) is 0.624. The average Bonchev–Trinajstić information content (AvgIpc) is 2.07. The zero-order valence-corrected chi connectivity index (χ0v) is 9.06. The summed E-state index contributed by atoms with van der Waals surface area (Å²) in [5.41, 5.74) is 1.36. The van der Waals surface area contributed by atoms with Gasteiger partial charge in [-0.15, -0.1) is 0 Å². The highest BCUT2D eigenvalue weighted by Gasteiger charge is 2.15. The molecule has 1 nitrogen and oxygen atoms in total. The van der Waals surface area contributed by atoms with Gasteiger partial charge in [0.05, 0.1) is 0 Å². The van der Waals surface area contributed by atoms with Gasteiger partial charge in [-0.1, -0.05) is 50.6 Å². The maximum atomic E-state index is 8.00. The van der Waals surface area contributed by atoms with Crippen LogP contribution in [0.2, 0.25) is 5.02 Å². The molecule has 72 valence electrons. The van der Waals surface area contributed by atoms with Crippen LogP contribution in [0, 0.1) is 0 Å². The van der Waals surface area contributed by atoms with E-state index in [0.717, 1.165) is 5.02 Å². The number of benzene rings is 1. The third-order valence-corrected chi connectivity index (χ3v) is 2.01. The van der Waals surface area contributed by atoms with Crippen molar-refractivity contribution in [3.05, 3.63) is 34.9 Å². The molecule has 0 amide bonds. The first-order valence-corrected chi connectivity index (χ1v) is 4.43. The van der Waals surface area contributed by atoms with Crippen molar-refractivity contribution >= 4 is 18.4 Å². The van der Waals surface area contributed by atoms with Crippen molar-refractivity contribution in [3.8, 4) is 0 Å². The van der Waals surface area contributed by atoms with Gasteiger partial charge in [-0.25, -0.2) is 0 Å². The van der Waals surface area contributed by atoms with Crippen LogP contribution < -0.4 is 0 Å². The van der Waals surface area contributed by atoms with Crippen LogP contribution in [0.1, 0.15) is 26.3 Å². The molecule has 13 heavy (non-hydrogen) atoms. The van der Waals surface area contributed by atoms with Crippen LogP contribution in [0.25, 0.3) is 0 Å². The van der Waals surface area contributed by atoms with Crippen molar-refractivity contribution in [2.45, 2.75) is 26.2 Å². The molecule has 2 heteroatoms. The number of rotatable bonds is 0. The monoisotopic (exact) mass is 198 g/mol. The molecule has 0 unspecified atom stereocenters. The number of hydrogen-bond acceptors (Lipinski definition) is 1. The number of carbonyl (C=O) groups excluding carboxylic acids is 1. The SMILES string of the molecule is C=O.CC(C)(C)c1ccccc1Cl. The van der Waals surface area contributed by atoms with Crippen molar-refractivity contribution in [2.24, 2.45) is 0 Å². The maximum absolute atomic E-state index is 8.00. The summed E-state index contributed by atoms with van der Waals surface area (Å²) >= 11 is 6.01. The molecule has 0 radical (unpaired) electrons. The summed E-state index contributed by atoms with van der Waals surface area (Å²) in [6.07, 6.45) is 0. The Morgan fingerprint density at radius 3 is 1.92 bits per heavy atom. The van der Waals surface area contributed by atoms with Crippen molar-refractivity contribution < 1.29 is 4.79 Å². The average molecular weight is 199 g/mol. The summed E-state index contributed by atoms with van der Waals surface area (Å²) in [6.45, 7) is 8.48. The van der Waals surface area contributed by atoms with E-state index in [-0.39, 0.29) is 5.41 Å². The first-order chi connectivity index (χ1) is 6.02. The molecule has 0 saturated heterocycles. The largest absolute Gasteiger partial charge is 0.307 e. The summed E-state index contributed by atoms with van der Waals surface area (Å²) in [5.74, 6) is 0. The lowest BCUT2D eigenvalue weighted by Crippen LogP contribution is -2.11. The van der Waals surface area contributed by atoms with Gasteiger partial charge in [0.1, 0.15) is 6.79 Å². The molecule has 0 bridgehead atoms. The molecule has 0 aliphatic heterocycles. The molecule has 0 atom stereocenters. The minimum absolute atomic E-state index is 0.151. The van der Waals surface area contributed by atoms with Gasteiger partial charge in [0, 0.05) is 5.02 Å². The molecule has 0 N–H and O–H groups in total. The van der Waals surface area contributed by atoms with Crippen LogP contribution in [0.4, 0.5) is 0 Å². The molecular formula is C11H15ClO. The van der Waals surface area contributed by atoms with Crippen LogP contribution in [0.5, 0.6) is 0 Å².